The number of piperazine rings is 1. The molecule has 28 heavy (non-hydrogen) atoms. The highest BCUT2D eigenvalue weighted by Gasteiger charge is 2.45. The van der Waals surface area contributed by atoms with Crippen molar-refractivity contribution in [2.75, 3.05) is 44.8 Å². The Morgan fingerprint density at radius 1 is 1.00 bits per heavy atom. The largest absolute Gasteiger partial charge is 0.495 e. The fourth-order valence-electron chi connectivity index (χ4n) is 3.75. The lowest BCUT2D eigenvalue weighted by Crippen LogP contribution is -2.49. The van der Waals surface area contributed by atoms with Crippen LogP contribution in [0.2, 0.25) is 0 Å². The van der Waals surface area contributed by atoms with Crippen molar-refractivity contribution >= 4 is 24.0 Å². The lowest BCUT2D eigenvalue weighted by atomic mass is 10.2. The van der Waals surface area contributed by atoms with Crippen LogP contribution in [0.25, 0.3) is 0 Å². The van der Waals surface area contributed by atoms with Crippen LogP contribution in [0.1, 0.15) is 6.42 Å². The lowest BCUT2D eigenvalue weighted by Gasteiger charge is -2.36. The van der Waals surface area contributed by atoms with Crippen molar-refractivity contribution in [3.63, 3.8) is 0 Å². The van der Waals surface area contributed by atoms with Crippen LogP contribution in [-0.2, 0) is 4.79 Å². The molecule has 0 bridgehead atoms. The van der Waals surface area contributed by atoms with Crippen LogP contribution in [-0.4, -0.2) is 50.7 Å². The Hall–Kier alpha value is -2.40. The van der Waals surface area contributed by atoms with E-state index in [2.05, 4.69) is 11.0 Å². The van der Waals surface area contributed by atoms with E-state index in [9.17, 15) is 4.79 Å². The van der Waals surface area contributed by atoms with Gasteiger partial charge in [0, 0.05) is 38.0 Å². The second-order valence-electron chi connectivity index (χ2n) is 7.21. The number of para-hydroxylation sites is 3. The Bertz CT molecular complexity index is 778. The Labute approximate surface area is 172 Å². The van der Waals surface area contributed by atoms with Gasteiger partial charge in [-0.2, -0.15) is 0 Å². The molecule has 5 nitrogen and oxygen atoms in total. The monoisotopic (exact) mass is 402 g/mol. The molecule has 0 radical (unpaired) electrons. The minimum absolute atomic E-state index is 0. The van der Waals surface area contributed by atoms with Crippen LogP contribution in [0, 0.1) is 11.8 Å². The van der Waals surface area contributed by atoms with E-state index < -0.39 is 0 Å². The van der Waals surface area contributed by atoms with E-state index in [1.54, 1.807) is 7.11 Å². The summed E-state index contributed by atoms with van der Waals surface area (Å²) >= 11 is 0. The number of hydrogen-bond donors (Lipinski definition) is 0. The molecule has 1 saturated carbocycles. The maximum absolute atomic E-state index is 12.8. The third kappa shape index (κ3) is 4.53. The van der Waals surface area contributed by atoms with E-state index in [1.807, 2.05) is 53.4 Å². The molecule has 2 aromatic rings. The fraction of sp³-hybridized carbons (Fsp3) is 0.409. The predicted molar refractivity (Wildman–Crippen MR) is 113 cm³/mol. The molecule has 2 aromatic carbocycles. The zero-order chi connectivity index (χ0) is 18.6. The van der Waals surface area contributed by atoms with Crippen LogP contribution < -0.4 is 14.4 Å². The average molecular weight is 403 g/mol. The minimum atomic E-state index is 0. The van der Waals surface area contributed by atoms with Gasteiger partial charge in [0.15, 0.2) is 0 Å². The van der Waals surface area contributed by atoms with Gasteiger partial charge in [0.05, 0.1) is 19.4 Å². The van der Waals surface area contributed by atoms with Gasteiger partial charge in [-0.1, -0.05) is 30.3 Å². The van der Waals surface area contributed by atoms with E-state index in [0.29, 0.717) is 12.5 Å². The number of carbonyl (C=O) groups excluding carboxylic acids is 1. The first kappa shape index (κ1) is 20.3. The van der Waals surface area contributed by atoms with Crippen LogP contribution in [0.5, 0.6) is 11.5 Å². The number of hydrogen-bond acceptors (Lipinski definition) is 4. The standard InChI is InChI=1S/C22H26N2O3.ClH/c1-26-21-10-6-5-9-20(21)23-11-13-24(14-12-23)22(25)19-15-17(19)16-27-18-7-3-2-4-8-18;/h2-10,17,19H,11-16H2,1H3;1H/t17-,19+;/m0./s1. The number of nitrogens with zero attached hydrogens (tertiary/aromatic N) is 2. The van der Waals surface area contributed by atoms with Crippen molar-refractivity contribution in [2.24, 2.45) is 11.8 Å². The van der Waals surface area contributed by atoms with E-state index in [1.165, 1.54) is 0 Å². The Kier molecular flexibility index (Phi) is 6.68. The zero-order valence-corrected chi connectivity index (χ0v) is 16.9. The van der Waals surface area contributed by atoms with Gasteiger partial charge >= 0.3 is 0 Å². The molecule has 1 heterocycles. The number of ether oxygens (including phenoxy) is 2. The molecular formula is C22H27ClN2O3. The van der Waals surface area contributed by atoms with Gasteiger partial charge in [0.2, 0.25) is 5.91 Å². The summed E-state index contributed by atoms with van der Waals surface area (Å²) in [5.41, 5.74) is 1.10. The molecule has 2 fully saturated rings. The van der Waals surface area contributed by atoms with Gasteiger partial charge < -0.3 is 19.3 Å². The fourth-order valence-corrected chi connectivity index (χ4v) is 3.75. The molecule has 0 spiro atoms. The van der Waals surface area contributed by atoms with Crippen LogP contribution in [0.3, 0.4) is 0 Å². The normalized spacial score (nSPS) is 20.9. The molecular weight excluding hydrogens is 376 g/mol. The van der Waals surface area contributed by atoms with E-state index in [0.717, 1.165) is 49.8 Å². The highest BCUT2D eigenvalue weighted by atomic mass is 35.5. The van der Waals surface area contributed by atoms with Gasteiger partial charge in [0.25, 0.3) is 0 Å². The topological polar surface area (TPSA) is 42.0 Å². The highest BCUT2D eigenvalue weighted by molar-refractivity contribution is 5.85. The summed E-state index contributed by atoms with van der Waals surface area (Å²) in [6, 6.07) is 17.9. The third-order valence-corrected chi connectivity index (χ3v) is 5.46. The highest BCUT2D eigenvalue weighted by Crippen LogP contribution is 2.40. The SMILES string of the molecule is COc1ccccc1N1CCN(C(=O)[C@@H]2C[C@H]2COc2ccccc2)CC1.Cl. The first-order valence-electron chi connectivity index (χ1n) is 9.61. The second-order valence-corrected chi connectivity index (χ2v) is 7.21. The molecule has 1 aliphatic heterocycles. The van der Waals surface area contributed by atoms with Crippen molar-refractivity contribution < 1.29 is 14.3 Å². The molecule has 2 aliphatic rings. The van der Waals surface area contributed by atoms with Crippen LogP contribution in [0.15, 0.2) is 54.6 Å². The molecule has 1 amide bonds. The molecule has 4 rings (SSSR count). The van der Waals surface area contributed by atoms with Crippen molar-refractivity contribution in [2.45, 2.75) is 6.42 Å². The number of benzene rings is 2. The number of carbonyl (C=O) groups is 1. The van der Waals surface area contributed by atoms with Crippen molar-refractivity contribution in [1.82, 2.24) is 4.90 Å². The Morgan fingerprint density at radius 3 is 2.39 bits per heavy atom. The van der Waals surface area contributed by atoms with Crippen molar-refractivity contribution in [3.8, 4) is 11.5 Å². The van der Waals surface area contributed by atoms with Crippen molar-refractivity contribution in [1.29, 1.82) is 0 Å². The summed E-state index contributed by atoms with van der Waals surface area (Å²) in [4.78, 5) is 17.1. The molecule has 6 heteroatoms. The summed E-state index contributed by atoms with van der Waals surface area (Å²) in [5.74, 6) is 2.53. The summed E-state index contributed by atoms with van der Waals surface area (Å²) in [5, 5.41) is 0. The number of amides is 1. The number of rotatable bonds is 6. The maximum Gasteiger partial charge on any atom is 0.226 e. The number of methoxy groups -OCH3 is 1. The maximum atomic E-state index is 12.8. The number of anilines is 1. The average Bonchev–Trinajstić information content (AvgIpc) is 3.52. The minimum Gasteiger partial charge on any atom is -0.495 e. The first-order chi connectivity index (χ1) is 13.3. The van der Waals surface area contributed by atoms with Gasteiger partial charge in [-0.05, 0) is 30.7 Å². The molecule has 0 aromatic heterocycles. The van der Waals surface area contributed by atoms with Gasteiger partial charge in [-0.3, -0.25) is 4.79 Å². The quantitative estimate of drug-likeness (QED) is 0.741. The van der Waals surface area contributed by atoms with E-state index in [-0.39, 0.29) is 24.2 Å². The van der Waals surface area contributed by atoms with Crippen LogP contribution >= 0.6 is 12.4 Å². The summed E-state index contributed by atoms with van der Waals surface area (Å²) < 4.78 is 11.3. The predicted octanol–water partition coefficient (Wildman–Crippen LogP) is 3.48. The van der Waals surface area contributed by atoms with Crippen LogP contribution in [0.4, 0.5) is 5.69 Å². The summed E-state index contributed by atoms with van der Waals surface area (Å²) in [6.45, 7) is 3.83. The molecule has 2 atom stereocenters. The Morgan fingerprint density at radius 2 is 1.68 bits per heavy atom. The molecule has 1 saturated heterocycles. The summed E-state index contributed by atoms with van der Waals surface area (Å²) in [7, 11) is 1.70. The van der Waals surface area contributed by atoms with Crippen molar-refractivity contribution in [3.05, 3.63) is 54.6 Å². The van der Waals surface area contributed by atoms with Gasteiger partial charge in [-0.15, -0.1) is 12.4 Å². The van der Waals surface area contributed by atoms with Gasteiger partial charge in [-0.25, -0.2) is 0 Å². The lowest BCUT2D eigenvalue weighted by molar-refractivity contribution is -0.133. The summed E-state index contributed by atoms with van der Waals surface area (Å²) in [6.07, 6.45) is 0.943. The molecule has 150 valence electrons. The Balaban J connectivity index is 0.00000225. The van der Waals surface area contributed by atoms with E-state index in [4.69, 9.17) is 9.47 Å². The zero-order valence-electron chi connectivity index (χ0n) is 16.1. The number of halogens is 1. The third-order valence-electron chi connectivity index (χ3n) is 5.46. The van der Waals surface area contributed by atoms with E-state index >= 15 is 0 Å². The second kappa shape index (κ2) is 9.20. The molecule has 0 N–H and O–H groups in total. The van der Waals surface area contributed by atoms with Gasteiger partial charge in [0.1, 0.15) is 11.5 Å². The smallest absolute Gasteiger partial charge is 0.226 e. The molecule has 0 unspecified atom stereocenters. The first-order valence-corrected chi connectivity index (χ1v) is 9.61. The molecule has 1 aliphatic carbocycles.